The highest BCUT2D eigenvalue weighted by Crippen LogP contribution is 2.41. The summed E-state index contributed by atoms with van der Waals surface area (Å²) in [6, 6.07) is 6.72. The fraction of sp³-hybridized carbons (Fsp3) is 0.703. The highest BCUT2D eigenvalue weighted by Gasteiger charge is 2.28. The van der Waals surface area contributed by atoms with Crippen LogP contribution in [0.2, 0.25) is 0 Å². The number of hydrogen-bond acceptors (Lipinski definition) is 4. The Labute approximate surface area is 273 Å². The van der Waals surface area contributed by atoms with Crippen molar-refractivity contribution in [2.24, 2.45) is 29.1 Å². The van der Waals surface area contributed by atoms with Crippen LogP contribution in [-0.2, 0) is 9.53 Å². The first-order chi connectivity index (χ1) is 20.7. The predicted molar refractivity (Wildman–Crippen MR) is 187 cm³/mol. The fourth-order valence-corrected chi connectivity index (χ4v) is 6.07. The zero-order valence-electron chi connectivity index (χ0n) is 29.7. The molecule has 1 N–H and O–H groups in total. The molecule has 4 atom stereocenters. The van der Waals surface area contributed by atoms with Crippen LogP contribution in [-0.4, -0.2) is 24.8 Å². The Morgan fingerprint density at radius 1 is 1.00 bits per heavy atom. The first-order valence-corrected chi connectivity index (χ1v) is 17.4. The van der Waals surface area contributed by atoms with E-state index in [1.165, 1.54) is 56.4 Å². The van der Waals surface area contributed by atoms with Crippen LogP contribution in [0.5, 0.6) is 5.75 Å². The number of halogens is 2. The number of thioether (sulfide) groups is 1. The smallest absolute Gasteiger partial charge is 0.387 e. The number of allylic oxidation sites excluding steroid dienone is 2. The summed E-state index contributed by atoms with van der Waals surface area (Å²) in [5, 5.41) is 6.89. The van der Waals surface area contributed by atoms with E-state index in [2.05, 4.69) is 80.6 Å². The van der Waals surface area contributed by atoms with E-state index in [0.717, 1.165) is 41.3 Å². The van der Waals surface area contributed by atoms with Crippen LogP contribution in [0.25, 0.3) is 4.91 Å². The zero-order chi connectivity index (χ0) is 34.3. The maximum atomic E-state index is 12.6. The van der Waals surface area contributed by atoms with E-state index >= 15 is 0 Å². The molecule has 0 aliphatic heterocycles. The van der Waals surface area contributed by atoms with Gasteiger partial charge in [0.05, 0.1) is 6.61 Å². The molecule has 0 bridgehead atoms. The number of para-hydroxylation sites is 1. The molecule has 0 saturated carbocycles. The highest BCUT2D eigenvalue weighted by atomic mass is 32.2. The topological polar surface area (TPSA) is 55.8 Å². The maximum absolute atomic E-state index is 12.6. The molecular formula is C37H64F2O4S. The molecule has 0 fully saturated rings. The van der Waals surface area contributed by atoms with Crippen LogP contribution in [0.15, 0.2) is 41.5 Å². The van der Waals surface area contributed by atoms with E-state index in [-0.39, 0.29) is 12.2 Å². The minimum atomic E-state index is -2.86. The van der Waals surface area contributed by atoms with Crippen molar-refractivity contribution in [3.05, 3.63) is 47.1 Å². The molecule has 4 unspecified atom stereocenters. The van der Waals surface area contributed by atoms with Gasteiger partial charge >= 0.3 is 6.61 Å². The van der Waals surface area contributed by atoms with Crippen LogP contribution in [0.3, 0.4) is 0 Å². The number of hydrogen-bond donors (Lipinski definition) is 1. The van der Waals surface area contributed by atoms with Gasteiger partial charge < -0.3 is 14.6 Å². The first-order valence-electron chi connectivity index (χ1n) is 16.5. The number of ether oxygens (including phenoxy) is 2. The molecule has 1 aromatic carbocycles. The van der Waals surface area contributed by atoms with Gasteiger partial charge in [-0.3, -0.25) is 4.79 Å². The Balaban J connectivity index is 0. The van der Waals surface area contributed by atoms with Gasteiger partial charge in [0.2, 0.25) is 0 Å². The van der Waals surface area contributed by atoms with Crippen molar-refractivity contribution < 1.29 is 28.2 Å². The summed E-state index contributed by atoms with van der Waals surface area (Å²) in [4.78, 5) is 10.1. The number of alkyl halides is 2. The third-order valence-corrected chi connectivity index (χ3v) is 9.31. The number of carbonyl (C=O) groups is 1. The second kappa shape index (κ2) is 25.2. The zero-order valence-corrected chi connectivity index (χ0v) is 30.5. The lowest BCUT2D eigenvalue weighted by Crippen LogP contribution is -2.25. The third kappa shape index (κ3) is 18.7. The Kier molecular flexibility index (Phi) is 25.3. The average molecular weight is 643 g/mol. The van der Waals surface area contributed by atoms with Gasteiger partial charge in [0.1, 0.15) is 11.5 Å². The Hall–Kier alpha value is -2.02. The van der Waals surface area contributed by atoms with E-state index in [0.29, 0.717) is 28.4 Å². The second-order valence-electron chi connectivity index (χ2n) is 12.5. The van der Waals surface area contributed by atoms with Crippen molar-refractivity contribution in [2.75, 3.05) is 6.61 Å². The molecule has 256 valence electrons. The van der Waals surface area contributed by atoms with Crippen LogP contribution in [0.1, 0.15) is 133 Å². The molecule has 0 aliphatic carbocycles. The van der Waals surface area contributed by atoms with Crippen molar-refractivity contribution in [2.45, 2.75) is 134 Å². The van der Waals surface area contributed by atoms with Crippen LogP contribution in [0.4, 0.5) is 8.78 Å². The highest BCUT2D eigenvalue weighted by molar-refractivity contribution is 8.11. The van der Waals surface area contributed by atoms with E-state index in [9.17, 15) is 8.78 Å². The molecule has 0 heterocycles. The summed E-state index contributed by atoms with van der Waals surface area (Å²) in [5.41, 5.74) is 1.05. The first kappa shape index (κ1) is 44.1. The second-order valence-corrected chi connectivity index (χ2v) is 13.7. The molecule has 1 aromatic rings. The third-order valence-electron chi connectivity index (χ3n) is 8.11. The van der Waals surface area contributed by atoms with Gasteiger partial charge in [-0.2, -0.15) is 8.78 Å². The lowest BCUT2D eigenvalue weighted by Gasteiger charge is -2.35. The predicted octanol–water partition coefficient (Wildman–Crippen LogP) is 12.7. The molecule has 0 aromatic heterocycles. The molecule has 0 radical (unpaired) electrons. The minimum Gasteiger partial charge on any atom is -0.497 e. The normalized spacial score (nSPS) is 14.5. The van der Waals surface area contributed by atoms with Gasteiger partial charge in [0, 0.05) is 21.3 Å². The standard InChI is InChI=1S/C19H26F2O2S.C17H36.CH2O2/c1-6-13(4)18(22-8-3)17(7-2)24-14(5)15-11-9-10-12-16(15)23-19(20)21;1-8-11-15(10-3)13-16(17(5,6)7)12-14(4)9-2;2-1-3/h9-13,19H,5-8H2,1-4H3;14-16H,8-13H2,1-7H3;1H,(H,2,3)/b18-17+;;. The van der Waals surface area contributed by atoms with E-state index in [4.69, 9.17) is 14.6 Å². The van der Waals surface area contributed by atoms with Crippen molar-refractivity contribution in [1.82, 2.24) is 0 Å². The summed E-state index contributed by atoms with van der Waals surface area (Å²) in [5.74, 6) is 4.14. The molecule has 0 saturated heterocycles. The largest absolute Gasteiger partial charge is 0.497 e. The molecule has 44 heavy (non-hydrogen) atoms. The molecule has 0 spiro atoms. The van der Waals surface area contributed by atoms with Crippen LogP contribution < -0.4 is 4.74 Å². The van der Waals surface area contributed by atoms with E-state index in [1.807, 2.05) is 6.92 Å². The van der Waals surface area contributed by atoms with Crippen LogP contribution >= 0.6 is 11.8 Å². The summed E-state index contributed by atoms with van der Waals surface area (Å²) in [6.45, 7) is 26.5. The summed E-state index contributed by atoms with van der Waals surface area (Å²) in [6.07, 6.45) is 10.1. The van der Waals surface area contributed by atoms with E-state index < -0.39 is 6.61 Å². The molecule has 4 nitrogen and oxygen atoms in total. The van der Waals surface area contributed by atoms with Crippen molar-refractivity contribution in [3.63, 3.8) is 0 Å². The molecule has 1 rings (SSSR count). The molecule has 0 amide bonds. The monoisotopic (exact) mass is 642 g/mol. The van der Waals surface area contributed by atoms with Crippen molar-refractivity contribution >= 4 is 23.1 Å². The van der Waals surface area contributed by atoms with Gasteiger partial charge in [-0.1, -0.05) is 131 Å². The Morgan fingerprint density at radius 3 is 2.02 bits per heavy atom. The average Bonchev–Trinajstić information content (AvgIpc) is 2.97. The van der Waals surface area contributed by atoms with Gasteiger partial charge in [-0.25, -0.2) is 0 Å². The lowest BCUT2D eigenvalue weighted by molar-refractivity contribution is -0.122. The SMILES string of the molecule is C=C(S/C(CC)=C(/OCC)C(C)CC)c1ccccc1OC(F)F.CCCC(CC)CC(CC(C)CC)C(C)(C)C.O=CO. The fourth-order valence-electron chi connectivity index (χ4n) is 4.99. The quantitative estimate of drug-likeness (QED) is 0.128. The Bertz CT molecular complexity index is 926. The lowest BCUT2D eigenvalue weighted by atomic mass is 9.70. The van der Waals surface area contributed by atoms with Gasteiger partial charge in [-0.05, 0) is 61.8 Å². The summed E-state index contributed by atoms with van der Waals surface area (Å²) >= 11 is 1.47. The Morgan fingerprint density at radius 2 is 1.59 bits per heavy atom. The van der Waals surface area contributed by atoms with Crippen molar-refractivity contribution in [3.8, 4) is 5.75 Å². The minimum absolute atomic E-state index is 0.141. The number of benzene rings is 1. The summed E-state index contributed by atoms with van der Waals surface area (Å²) < 4.78 is 35.6. The van der Waals surface area contributed by atoms with Gasteiger partial charge in [0.25, 0.3) is 6.47 Å². The summed E-state index contributed by atoms with van der Waals surface area (Å²) in [7, 11) is 0. The maximum Gasteiger partial charge on any atom is 0.387 e. The van der Waals surface area contributed by atoms with E-state index in [1.54, 1.807) is 18.2 Å². The molecule has 0 aliphatic rings. The molecule has 7 heteroatoms. The molecular weight excluding hydrogens is 578 g/mol. The number of carboxylic acid groups (broad SMARTS) is 1. The van der Waals surface area contributed by atoms with Gasteiger partial charge in [0.15, 0.2) is 0 Å². The van der Waals surface area contributed by atoms with Crippen LogP contribution in [0, 0.1) is 29.1 Å². The number of rotatable bonds is 18. The van der Waals surface area contributed by atoms with Gasteiger partial charge in [-0.15, -0.1) is 0 Å². The van der Waals surface area contributed by atoms with Crippen molar-refractivity contribution in [1.29, 1.82) is 0 Å².